The minimum Gasteiger partial charge on any atom is -0.490 e. The average Bonchev–Trinajstić information content (AvgIpc) is 2.63. The standard InChI is InChI=1S/C18H26N2O6/c1-4-10-24-14-8-6-7-9-15(14)25-12-17(22)26-11-16(21)20-18(23)19-13(3)5-2/h6-9,13H,4-5,10-12H2,1-3H3,(H2,19,20,21,23)/t13-/m1/s1. The van der Waals surface area contributed by atoms with E-state index in [1.165, 1.54) is 0 Å². The molecule has 1 aromatic rings. The summed E-state index contributed by atoms with van der Waals surface area (Å²) in [4.78, 5) is 34.7. The van der Waals surface area contributed by atoms with Crippen LogP contribution in [0.4, 0.5) is 4.79 Å². The molecular formula is C18H26N2O6. The van der Waals surface area contributed by atoms with Crippen molar-refractivity contribution in [2.45, 2.75) is 39.7 Å². The number of urea groups is 1. The first-order chi connectivity index (χ1) is 12.5. The van der Waals surface area contributed by atoms with Gasteiger partial charge in [-0.25, -0.2) is 9.59 Å². The number of hydrogen-bond acceptors (Lipinski definition) is 6. The molecular weight excluding hydrogens is 340 g/mol. The molecule has 8 heteroatoms. The molecule has 0 aliphatic carbocycles. The summed E-state index contributed by atoms with van der Waals surface area (Å²) >= 11 is 0. The molecule has 0 fully saturated rings. The summed E-state index contributed by atoms with van der Waals surface area (Å²) in [5.41, 5.74) is 0. The first-order valence-electron chi connectivity index (χ1n) is 8.56. The summed E-state index contributed by atoms with van der Waals surface area (Å²) in [6.07, 6.45) is 1.58. The highest BCUT2D eigenvalue weighted by Crippen LogP contribution is 2.26. The lowest BCUT2D eigenvalue weighted by atomic mass is 10.3. The van der Waals surface area contributed by atoms with Crippen LogP contribution in [0.15, 0.2) is 24.3 Å². The van der Waals surface area contributed by atoms with Gasteiger partial charge in [0.2, 0.25) is 0 Å². The molecule has 0 unspecified atom stereocenters. The summed E-state index contributed by atoms with van der Waals surface area (Å²) < 4.78 is 15.7. The lowest BCUT2D eigenvalue weighted by Crippen LogP contribution is -2.44. The quantitative estimate of drug-likeness (QED) is 0.614. The van der Waals surface area contributed by atoms with Gasteiger partial charge in [0.15, 0.2) is 24.7 Å². The van der Waals surface area contributed by atoms with Crippen LogP contribution in [0.1, 0.15) is 33.6 Å². The van der Waals surface area contributed by atoms with E-state index in [-0.39, 0.29) is 12.6 Å². The first kappa shape index (κ1) is 21.3. The van der Waals surface area contributed by atoms with Gasteiger partial charge in [-0.05, 0) is 31.9 Å². The molecule has 0 aliphatic heterocycles. The third kappa shape index (κ3) is 8.36. The number of hydrogen-bond donors (Lipinski definition) is 2. The lowest BCUT2D eigenvalue weighted by Gasteiger charge is -2.13. The van der Waals surface area contributed by atoms with Crippen molar-refractivity contribution in [2.75, 3.05) is 19.8 Å². The summed E-state index contributed by atoms with van der Waals surface area (Å²) in [5, 5.41) is 4.65. The number of carbonyl (C=O) groups is 3. The summed E-state index contributed by atoms with van der Waals surface area (Å²) in [7, 11) is 0. The summed E-state index contributed by atoms with van der Waals surface area (Å²) in [5.74, 6) is -0.504. The van der Waals surface area contributed by atoms with Gasteiger partial charge in [0.1, 0.15) is 0 Å². The number of amides is 3. The van der Waals surface area contributed by atoms with Gasteiger partial charge in [0, 0.05) is 6.04 Å². The molecule has 0 aromatic heterocycles. The Hall–Kier alpha value is -2.77. The molecule has 1 atom stereocenters. The molecule has 144 valence electrons. The average molecular weight is 366 g/mol. The van der Waals surface area contributed by atoms with Crippen LogP contribution in [0.2, 0.25) is 0 Å². The Balaban J connectivity index is 2.34. The van der Waals surface area contributed by atoms with Crippen molar-refractivity contribution in [3.05, 3.63) is 24.3 Å². The molecule has 26 heavy (non-hydrogen) atoms. The Labute approximate surface area is 153 Å². The van der Waals surface area contributed by atoms with Crippen molar-refractivity contribution in [2.24, 2.45) is 0 Å². The van der Waals surface area contributed by atoms with Gasteiger partial charge in [-0.15, -0.1) is 0 Å². The first-order valence-corrected chi connectivity index (χ1v) is 8.56. The van der Waals surface area contributed by atoms with E-state index in [9.17, 15) is 14.4 Å². The normalized spacial score (nSPS) is 11.2. The lowest BCUT2D eigenvalue weighted by molar-refractivity contribution is -0.150. The molecule has 2 N–H and O–H groups in total. The maximum absolute atomic E-state index is 11.7. The predicted octanol–water partition coefficient (Wildman–Crippen LogP) is 2.02. The van der Waals surface area contributed by atoms with E-state index in [0.29, 0.717) is 18.1 Å². The van der Waals surface area contributed by atoms with Crippen molar-refractivity contribution in [1.29, 1.82) is 0 Å². The van der Waals surface area contributed by atoms with Crippen molar-refractivity contribution >= 4 is 17.9 Å². The molecule has 3 amide bonds. The predicted molar refractivity (Wildman–Crippen MR) is 95.1 cm³/mol. The highest BCUT2D eigenvalue weighted by molar-refractivity contribution is 5.95. The van der Waals surface area contributed by atoms with Crippen LogP contribution >= 0.6 is 0 Å². The minimum atomic E-state index is -0.729. The van der Waals surface area contributed by atoms with E-state index < -0.39 is 24.5 Å². The fraction of sp³-hybridized carbons (Fsp3) is 0.500. The van der Waals surface area contributed by atoms with E-state index in [4.69, 9.17) is 14.2 Å². The van der Waals surface area contributed by atoms with Gasteiger partial charge < -0.3 is 19.5 Å². The molecule has 0 aliphatic rings. The molecule has 0 bridgehead atoms. The highest BCUT2D eigenvalue weighted by atomic mass is 16.6. The molecule has 0 spiro atoms. The number of esters is 1. The third-order valence-electron chi connectivity index (χ3n) is 3.26. The number of nitrogens with one attached hydrogen (secondary N) is 2. The van der Waals surface area contributed by atoms with Crippen molar-refractivity contribution in [3.8, 4) is 11.5 Å². The van der Waals surface area contributed by atoms with Crippen molar-refractivity contribution < 1.29 is 28.6 Å². The van der Waals surface area contributed by atoms with Crippen LogP contribution in [-0.4, -0.2) is 43.8 Å². The highest BCUT2D eigenvalue weighted by Gasteiger charge is 2.13. The Morgan fingerprint density at radius 3 is 2.31 bits per heavy atom. The Morgan fingerprint density at radius 1 is 1.04 bits per heavy atom. The zero-order valence-electron chi connectivity index (χ0n) is 15.4. The number of ether oxygens (including phenoxy) is 3. The van der Waals surface area contributed by atoms with E-state index in [2.05, 4.69) is 10.6 Å². The van der Waals surface area contributed by atoms with Crippen LogP contribution in [-0.2, 0) is 14.3 Å². The third-order valence-corrected chi connectivity index (χ3v) is 3.26. The fourth-order valence-electron chi connectivity index (χ4n) is 1.75. The van der Waals surface area contributed by atoms with Crippen molar-refractivity contribution in [1.82, 2.24) is 10.6 Å². The van der Waals surface area contributed by atoms with Crippen LogP contribution in [0.5, 0.6) is 11.5 Å². The van der Waals surface area contributed by atoms with Gasteiger partial charge in [0.05, 0.1) is 6.61 Å². The maximum atomic E-state index is 11.7. The monoisotopic (exact) mass is 366 g/mol. The van der Waals surface area contributed by atoms with Crippen LogP contribution in [0.25, 0.3) is 0 Å². The second kappa shape index (κ2) is 11.7. The zero-order chi connectivity index (χ0) is 19.4. The van der Waals surface area contributed by atoms with Gasteiger partial charge in [-0.3, -0.25) is 10.1 Å². The molecule has 1 rings (SSSR count). The molecule has 0 saturated heterocycles. The van der Waals surface area contributed by atoms with Gasteiger partial charge in [-0.1, -0.05) is 26.0 Å². The molecule has 0 heterocycles. The second-order valence-corrected chi connectivity index (χ2v) is 5.58. The molecule has 0 saturated carbocycles. The number of carbonyl (C=O) groups excluding carboxylic acids is 3. The summed E-state index contributed by atoms with van der Waals surface area (Å²) in [6, 6.07) is 6.27. The smallest absolute Gasteiger partial charge is 0.344 e. The number of imide groups is 1. The largest absolute Gasteiger partial charge is 0.490 e. The number of benzene rings is 1. The SMILES string of the molecule is CCCOc1ccccc1OCC(=O)OCC(=O)NC(=O)N[C@H](C)CC. The Morgan fingerprint density at radius 2 is 1.69 bits per heavy atom. The van der Waals surface area contributed by atoms with Crippen LogP contribution < -0.4 is 20.1 Å². The van der Waals surface area contributed by atoms with Gasteiger partial charge in [-0.2, -0.15) is 0 Å². The van der Waals surface area contributed by atoms with E-state index in [0.717, 1.165) is 12.8 Å². The minimum absolute atomic E-state index is 0.0613. The van der Waals surface area contributed by atoms with Crippen LogP contribution in [0.3, 0.4) is 0 Å². The maximum Gasteiger partial charge on any atom is 0.344 e. The fourth-order valence-corrected chi connectivity index (χ4v) is 1.75. The number of rotatable bonds is 10. The zero-order valence-corrected chi connectivity index (χ0v) is 15.4. The van der Waals surface area contributed by atoms with Gasteiger partial charge in [0.25, 0.3) is 5.91 Å². The van der Waals surface area contributed by atoms with E-state index >= 15 is 0 Å². The van der Waals surface area contributed by atoms with Crippen LogP contribution in [0, 0.1) is 0 Å². The Bertz CT molecular complexity index is 605. The van der Waals surface area contributed by atoms with E-state index in [1.54, 1.807) is 24.3 Å². The Kier molecular flexibility index (Phi) is 9.59. The summed E-state index contributed by atoms with van der Waals surface area (Å²) in [6.45, 7) is 5.28. The molecule has 8 nitrogen and oxygen atoms in total. The topological polar surface area (TPSA) is 103 Å². The molecule has 0 radical (unpaired) electrons. The molecule has 1 aromatic carbocycles. The second-order valence-electron chi connectivity index (χ2n) is 5.58. The van der Waals surface area contributed by atoms with Crippen molar-refractivity contribution in [3.63, 3.8) is 0 Å². The number of para-hydroxylation sites is 2. The van der Waals surface area contributed by atoms with Gasteiger partial charge >= 0.3 is 12.0 Å². The van der Waals surface area contributed by atoms with E-state index in [1.807, 2.05) is 20.8 Å².